The first-order chi connectivity index (χ1) is 9.22. The molecule has 1 saturated heterocycles. The summed E-state index contributed by atoms with van der Waals surface area (Å²) in [5.41, 5.74) is 0.234. The second kappa shape index (κ2) is 6.18. The number of hydrogen-bond donors (Lipinski definition) is 2. The summed E-state index contributed by atoms with van der Waals surface area (Å²) < 4.78 is 0. The fourth-order valence-corrected chi connectivity index (χ4v) is 3.43. The number of carbonyl (C=O) groups excluding carboxylic acids is 1. The van der Waals surface area contributed by atoms with Crippen molar-refractivity contribution in [3.05, 3.63) is 17.0 Å². The number of thiophene rings is 1. The van der Waals surface area contributed by atoms with Crippen molar-refractivity contribution < 1.29 is 4.79 Å². The first-order valence-corrected chi connectivity index (χ1v) is 7.59. The van der Waals surface area contributed by atoms with E-state index in [9.17, 15) is 4.79 Å². The average molecular weight is 277 g/mol. The van der Waals surface area contributed by atoms with Crippen LogP contribution < -0.4 is 10.6 Å². The molecule has 1 amide bonds. The average Bonchev–Trinajstić information content (AvgIpc) is 2.87. The minimum Gasteiger partial charge on any atom is -0.316 e. The lowest BCUT2D eigenvalue weighted by Gasteiger charge is -2.36. The highest BCUT2D eigenvalue weighted by atomic mass is 32.1. The maximum Gasteiger partial charge on any atom is 0.232 e. The highest BCUT2D eigenvalue weighted by Crippen LogP contribution is 2.34. The van der Waals surface area contributed by atoms with E-state index in [1.54, 1.807) is 6.07 Å². The minimum absolute atomic E-state index is 0.0560. The maximum atomic E-state index is 12.6. The predicted octanol–water partition coefficient (Wildman–Crippen LogP) is 2.73. The maximum absolute atomic E-state index is 12.6. The van der Waals surface area contributed by atoms with Crippen molar-refractivity contribution in [2.75, 3.05) is 18.4 Å². The molecule has 5 heteroatoms. The highest BCUT2D eigenvalue weighted by Gasteiger charge is 2.38. The molecule has 2 heterocycles. The Morgan fingerprint density at radius 1 is 1.68 bits per heavy atom. The molecule has 1 aromatic heterocycles. The van der Waals surface area contributed by atoms with Gasteiger partial charge >= 0.3 is 0 Å². The molecular formula is C14H19N3OS. The zero-order valence-electron chi connectivity index (χ0n) is 11.2. The molecule has 1 aromatic rings. The number of nitrogens with one attached hydrogen (secondary N) is 2. The van der Waals surface area contributed by atoms with Gasteiger partial charge in [-0.05, 0) is 37.3 Å². The lowest BCUT2D eigenvalue weighted by atomic mass is 9.76. The van der Waals surface area contributed by atoms with E-state index in [1.165, 1.54) is 11.3 Å². The van der Waals surface area contributed by atoms with E-state index < -0.39 is 0 Å². The third-order valence-corrected chi connectivity index (χ3v) is 4.53. The predicted molar refractivity (Wildman–Crippen MR) is 77.1 cm³/mol. The molecular weight excluding hydrogens is 258 g/mol. The van der Waals surface area contributed by atoms with Crippen molar-refractivity contribution in [3.63, 3.8) is 0 Å². The van der Waals surface area contributed by atoms with Gasteiger partial charge in [0, 0.05) is 6.54 Å². The molecule has 2 rings (SSSR count). The Morgan fingerprint density at radius 2 is 2.53 bits per heavy atom. The minimum atomic E-state index is -0.316. The Bertz CT molecular complexity index is 478. The van der Waals surface area contributed by atoms with Gasteiger partial charge in [0.2, 0.25) is 5.91 Å². The van der Waals surface area contributed by atoms with E-state index >= 15 is 0 Å². The second-order valence-electron chi connectivity index (χ2n) is 5.04. The first kappa shape index (κ1) is 14.0. The van der Waals surface area contributed by atoms with Gasteiger partial charge in [-0.3, -0.25) is 4.79 Å². The van der Waals surface area contributed by atoms with Gasteiger partial charge in [-0.15, -0.1) is 11.3 Å². The molecule has 102 valence electrons. The summed E-state index contributed by atoms with van der Waals surface area (Å²) in [6.45, 7) is 3.83. The van der Waals surface area contributed by atoms with Gasteiger partial charge in [0.1, 0.15) is 11.1 Å². The smallest absolute Gasteiger partial charge is 0.232 e. The van der Waals surface area contributed by atoms with Crippen LogP contribution in [0.25, 0.3) is 0 Å². The van der Waals surface area contributed by atoms with Gasteiger partial charge in [-0.2, -0.15) is 5.26 Å². The number of nitrogens with zero attached hydrogens (tertiary/aromatic N) is 1. The van der Waals surface area contributed by atoms with Crippen LogP contribution in [-0.4, -0.2) is 19.0 Å². The molecule has 2 N–H and O–H groups in total. The van der Waals surface area contributed by atoms with Crippen molar-refractivity contribution in [1.29, 1.82) is 5.26 Å². The standard InChI is InChI=1S/C14H19N3OS/c1-2-5-14(6-3-7-16-10-14)13(18)17-12-11(9-15)4-8-19-12/h4,8,16H,2-3,5-7,10H2,1H3,(H,17,18). The van der Waals surface area contributed by atoms with E-state index in [0.717, 1.165) is 38.8 Å². The first-order valence-electron chi connectivity index (χ1n) is 6.71. The Labute approximate surface area is 117 Å². The lowest BCUT2D eigenvalue weighted by Crippen LogP contribution is -2.48. The van der Waals surface area contributed by atoms with E-state index in [2.05, 4.69) is 23.6 Å². The van der Waals surface area contributed by atoms with Crippen LogP contribution in [0.5, 0.6) is 0 Å². The molecule has 0 aliphatic carbocycles. The van der Waals surface area contributed by atoms with Crippen LogP contribution in [0.1, 0.15) is 38.2 Å². The lowest BCUT2D eigenvalue weighted by molar-refractivity contribution is -0.127. The summed E-state index contributed by atoms with van der Waals surface area (Å²) in [6.07, 6.45) is 3.83. The van der Waals surface area contributed by atoms with Gasteiger partial charge in [-0.1, -0.05) is 13.3 Å². The Hall–Kier alpha value is -1.38. The topological polar surface area (TPSA) is 64.9 Å². The molecule has 1 fully saturated rings. The van der Waals surface area contributed by atoms with Crippen LogP contribution in [0, 0.1) is 16.7 Å². The normalized spacial score (nSPS) is 22.7. The van der Waals surface area contributed by atoms with E-state index in [0.29, 0.717) is 10.6 Å². The Morgan fingerprint density at radius 3 is 3.16 bits per heavy atom. The molecule has 4 nitrogen and oxygen atoms in total. The number of piperidine rings is 1. The third-order valence-electron chi connectivity index (χ3n) is 3.70. The van der Waals surface area contributed by atoms with Gasteiger partial charge < -0.3 is 10.6 Å². The largest absolute Gasteiger partial charge is 0.316 e. The van der Waals surface area contributed by atoms with Crippen molar-refractivity contribution in [3.8, 4) is 6.07 Å². The van der Waals surface area contributed by atoms with Crippen molar-refractivity contribution in [2.24, 2.45) is 5.41 Å². The molecule has 0 bridgehead atoms. The number of nitriles is 1. The third kappa shape index (κ3) is 2.96. The molecule has 1 atom stereocenters. The van der Waals surface area contributed by atoms with Crippen molar-refractivity contribution in [2.45, 2.75) is 32.6 Å². The summed E-state index contributed by atoms with van der Waals surface area (Å²) in [6, 6.07) is 3.85. The molecule has 0 aromatic carbocycles. The monoisotopic (exact) mass is 277 g/mol. The van der Waals surface area contributed by atoms with Crippen LogP contribution in [0.4, 0.5) is 5.00 Å². The zero-order valence-corrected chi connectivity index (χ0v) is 12.0. The molecule has 0 saturated carbocycles. The Balaban J connectivity index is 2.14. The van der Waals surface area contributed by atoms with E-state index in [1.807, 2.05) is 5.38 Å². The summed E-state index contributed by atoms with van der Waals surface area (Å²) in [5.74, 6) is 0.0560. The molecule has 0 radical (unpaired) electrons. The molecule has 1 aliphatic rings. The summed E-state index contributed by atoms with van der Waals surface area (Å²) in [4.78, 5) is 12.6. The summed E-state index contributed by atoms with van der Waals surface area (Å²) in [5, 5.41) is 17.8. The Kier molecular flexibility index (Phi) is 4.56. The molecule has 19 heavy (non-hydrogen) atoms. The number of carbonyl (C=O) groups is 1. The van der Waals surface area contributed by atoms with Gasteiger partial charge in [-0.25, -0.2) is 0 Å². The van der Waals surface area contributed by atoms with Crippen molar-refractivity contribution >= 4 is 22.2 Å². The molecule has 0 spiro atoms. The van der Waals surface area contributed by atoms with Gasteiger partial charge in [0.15, 0.2) is 0 Å². The van der Waals surface area contributed by atoms with Crippen LogP contribution in [-0.2, 0) is 4.79 Å². The summed E-state index contributed by atoms with van der Waals surface area (Å²) in [7, 11) is 0. The van der Waals surface area contributed by atoms with Crippen LogP contribution in [0.3, 0.4) is 0 Å². The molecule has 1 aliphatic heterocycles. The zero-order chi connectivity index (χ0) is 13.7. The van der Waals surface area contributed by atoms with E-state index in [4.69, 9.17) is 5.26 Å². The number of anilines is 1. The van der Waals surface area contributed by atoms with Crippen LogP contribution >= 0.6 is 11.3 Å². The fraction of sp³-hybridized carbons (Fsp3) is 0.571. The number of amides is 1. The van der Waals surface area contributed by atoms with Gasteiger partial charge in [0.05, 0.1) is 11.0 Å². The van der Waals surface area contributed by atoms with Crippen LogP contribution in [0.15, 0.2) is 11.4 Å². The SMILES string of the molecule is CCCC1(C(=O)Nc2sccc2C#N)CCCNC1. The quantitative estimate of drug-likeness (QED) is 0.889. The van der Waals surface area contributed by atoms with E-state index in [-0.39, 0.29) is 11.3 Å². The number of hydrogen-bond acceptors (Lipinski definition) is 4. The number of rotatable bonds is 4. The highest BCUT2D eigenvalue weighted by molar-refractivity contribution is 7.14. The van der Waals surface area contributed by atoms with Crippen LogP contribution in [0.2, 0.25) is 0 Å². The van der Waals surface area contributed by atoms with Gasteiger partial charge in [0.25, 0.3) is 0 Å². The molecule has 1 unspecified atom stereocenters. The second-order valence-corrected chi connectivity index (χ2v) is 5.96. The van der Waals surface area contributed by atoms with Crippen molar-refractivity contribution in [1.82, 2.24) is 5.32 Å². The summed E-state index contributed by atoms with van der Waals surface area (Å²) >= 11 is 1.41. The fourth-order valence-electron chi connectivity index (χ4n) is 2.70.